The lowest BCUT2D eigenvalue weighted by Crippen LogP contribution is -2.07. The fraction of sp³-hybridized carbons (Fsp3) is 0.357. The van der Waals surface area contributed by atoms with Crippen molar-refractivity contribution in [1.82, 2.24) is 9.55 Å². The molecule has 1 aromatic heterocycles. The summed E-state index contributed by atoms with van der Waals surface area (Å²) in [7, 11) is 1.58. The SMILES string of the molecule is CCn1ccnc1COc1c(Cl)cc(CN)cc1OC. The Hall–Kier alpha value is -1.72. The average Bonchev–Trinajstić information content (AvgIpc) is 2.92. The third-order valence-electron chi connectivity index (χ3n) is 3.01. The van der Waals surface area contributed by atoms with E-state index < -0.39 is 0 Å². The van der Waals surface area contributed by atoms with Gasteiger partial charge in [0.2, 0.25) is 0 Å². The molecule has 0 saturated carbocycles. The molecule has 6 heteroatoms. The highest BCUT2D eigenvalue weighted by molar-refractivity contribution is 6.32. The highest BCUT2D eigenvalue weighted by Crippen LogP contribution is 2.36. The molecule has 0 aliphatic heterocycles. The van der Waals surface area contributed by atoms with Crippen molar-refractivity contribution in [2.75, 3.05) is 7.11 Å². The molecule has 0 unspecified atom stereocenters. The molecule has 0 bridgehead atoms. The largest absolute Gasteiger partial charge is 0.493 e. The molecule has 1 heterocycles. The summed E-state index contributed by atoms with van der Waals surface area (Å²) in [5.41, 5.74) is 6.51. The Labute approximate surface area is 123 Å². The first-order valence-electron chi connectivity index (χ1n) is 6.38. The molecule has 108 valence electrons. The lowest BCUT2D eigenvalue weighted by molar-refractivity contribution is 0.272. The molecule has 1 aromatic carbocycles. The van der Waals surface area contributed by atoms with Crippen LogP contribution in [0.5, 0.6) is 11.5 Å². The smallest absolute Gasteiger partial charge is 0.180 e. The highest BCUT2D eigenvalue weighted by Gasteiger charge is 2.13. The quantitative estimate of drug-likeness (QED) is 0.890. The van der Waals surface area contributed by atoms with Crippen LogP contribution in [0.1, 0.15) is 18.3 Å². The van der Waals surface area contributed by atoms with Crippen LogP contribution in [0.2, 0.25) is 5.02 Å². The van der Waals surface area contributed by atoms with Gasteiger partial charge in [0.1, 0.15) is 12.4 Å². The van der Waals surface area contributed by atoms with E-state index in [1.165, 1.54) is 0 Å². The number of aryl methyl sites for hydroxylation is 1. The van der Waals surface area contributed by atoms with Crippen LogP contribution in [0.15, 0.2) is 24.5 Å². The molecule has 0 atom stereocenters. The first kappa shape index (κ1) is 14.7. The number of halogens is 1. The molecule has 0 spiro atoms. The Morgan fingerprint density at radius 3 is 2.85 bits per heavy atom. The topological polar surface area (TPSA) is 62.3 Å². The second-order valence-electron chi connectivity index (χ2n) is 4.23. The van der Waals surface area contributed by atoms with E-state index >= 15 is 0 Å². The summed E-state index contributed by atoms with van der Waals surface area (Å²) in [6, 6.07) is 3.61. The molecule has 0 radical (unpaired) electrons. The Balaban J connectivity index is 2.21. The molecule has 20 heavy (non-hydrogen) atoms. The van der Waals surface area contributed by atoms with E-state index in [0.29, 0.717) is 29.7 Å². The Morgan fingerprint density at radius 2 is 2.20 bits per heavy atom. The Kier molecular flexibility index (Phi) is 4.87. The van der Waals surface area contributed by atoms with Gasteiger partial charge < -0.3 is 19.8 Å². The van der Waals surface area contributed by atoms with Gasteiger partial charge in [0.15, 0.2) is 11.5 Å². The molecule has 2 rings (SSSR count). The molecular formula is C14H18ClN3O2. The van der Waals surface area contributed by atoms with Gasteiger partial charge in [-0.15, -0.1) is 0 Å². The van der Waals surface area contributed by atoms with E-state index in [4.69, 9.17) is 26.8 Å². The summed E-state index contributed by atoms with van der Waals surface area (Å²) >= 11 is 6.22. The summed E-state index contributed by atoms with van der Waals surface area (Å²) in [5, 5.41) is 0.486. The summed E-state index contributed by atoms with van der Waals surface area (Å²) in [6.07, 6.45) is 3.66. The maximum Gasteiger partial charge on any atom is 0.180 e. The number of hydrogen-bond acceptors (Lipinski definition) is 4. The van der Waals surface area contributed by atoms with Crippen molar-refractivity contribution in [3.63, 3.8) is 0 Å². The van der Waals surface area contributed by atoms with Crippen LogP contribution in [0.25, 0.3) is 0 Å². The molecule has 2 aromatic rings. The van der Waals surface area contributed by atoms with Crippen LogP contribution in [-0.4, -0.2) is 16.7 Å². The van der Waals surface area contributed by atoms with Crippen LogP contribution in [0.4, 0.5) is 0 Å². The van der Waals surface area contributed by atoms with Crippen molar-refractivity contribution in [3.8, 4) is 11.5 Å². The van der Waals surface area contributed by atoms with E-state index in [2.05, 4.69) is 11.9 Å². The number of nitrogens with zero attached hydrogens (tertiary/aromatic N) is 2. The zero-order valence-electron chi connectivity index (χ0n) is 11.6. The minimum absolute atomic E-state index is 0.332. The van der Waals surface area contributed by atoms with Crippen molar-refractivity contribution in [2.45, 2.75) is 26.6 Å². The fourth-order valence-electron chi connectivity index (χ4n) is 1.94. The fourth-order valence-corrected chi connectivity index (χ4v) is 2.22. The van der Waals surface area contributed by atoms with Gasteiger partial charge in [0.25, 0.3) is 0 Å². The van der Waals surface area contributed by atoms with Crippen molar-refractivity contribution in [1.29, 1.82) is 0 Å². The van der Waals surface area contributed by atoms with Gasteiger partial charge in [-0.25, -0.2) is 4.98 Å². The van der Waals surface area contributed by atoms with Crippen LogP contribution >= 0.6 is 11.6 Å². The van der Waals surface area contributed by atoms with Crippen LogP contribution in [0, 0.1) is 0 Å². The third-order valence-corrected chi connectivity index (χ3v) is 3.29. The summed E-state index contributed by atoms with van der Waals surface area (Å²) in [6.45, 7) is 3.62. The maximum atomic E-state index is 6.22. The van der Waals surface area contributed by atoms with Gasteiger partial charge in [-0.2, -0.15) is 0 Å². The lowest BCUT2D eigenvalue weighted by Gasteiger charge is -2.14. The Morgan fingerprint density at radius 1 is 1.40 bits per heavy atom. The third kappa shape index (κ3) is 3.05. The number of benzene rings is 1. The van der Waals surface area contributed by atoms with Crippen LogP contribution in [-0.2, 0) is 19.7 Å². The molecule has 0 aliphatic carbocycles. The number of imidazole rings is 1. The second-order valence-corrected chi connectivity index (χ2v) is 4.64. The van der Waals surface area contributed by atoms with E-state index in [-0.39, 0.29) is 0 Å². The minimum atomic E-state index is 0.332. The van der Waals surface area contributed by atoms with Crippen molar-refractivity contribution in [2.24, 2.45) is 5.73 Å². The average molecular weight is 296 g/mol. The number of rotatable bonds is 6. The highest BCUT2D eigenvalue weighted by atomic mass is 35.5. The molecule has 0 amide bonds. The zero-order valence-corrected chi connectivity index (χ0v) is 12.4. The minimum Gasteiger partial charge on any atom is -0.493 e. The first-order chi connectivity index (χ1) is 9.69. The molecule has 5 nitrogen and oxygen atoms in total. The summed E-state index contributed by atoms with van der Waals surface area (Å²) < 4.78 is 13.1. The van der Waals surface area contributed by atoms with E-state index in [0.717, 1.165) is 17.9 Å². The number of ether oxygens (including phenoxy) is 2. The van der Waals surface area contributed by atoms with Gasteiger partial charge in [0, 0.05) is 25.5 Å². The van der Waals surface area contributed by atoms with E-state index in [1.54, 1.807) is 19.4 Å². The number of methoxy groups -OCH3 is 1. The van der Waals surface area contributed by atoms with Crippen LogP contribution < -0.4 is 15.2 Å². The molecule has 0 fully saturated rings. The van der Waals surface area contributed by atoms with Gasteiger partial charge in [-0.05, 0) is 24.6 Å². The first-order valence-corrected chi connectivity index (χ1v) is 6.76. The van der Waals surface area contributed by atoms with E-state index in [9.17, 15) is 0 Å². The van der Waals surface area contributed by atoms with E-state index in [1.807, 2.05) is 16.8 Å². The second kappa shape index (κ2) is 6.63. The maximum absolute atomic E-state index is 6.22. The predicted octanol–water partition coefficient (Wildman–Crippen LogP) is 2.60. The normalized spacial score (nSPS) is 10.6. The van der Waals surface area contributed by atoms with Crippen molar-refractivity contribution < 1.29 is 9.47 Å². The van der Waals surface area contributed by atoms with Crippen LogP contribution in [0.3, 0.4) is 0 Å². The molecule has 0 saturated heterocycles. The van der Waals surface area contributed by atoms with Crippen molar-refractivity contribution in [3.05, 3.63) is 40.9 Å². The standard InChI is InChI=1S/C14H18ClN3O2/c1-3-18-5-4-17-13(18)9-20-14-11(15)6-10(8-16)7-12(14)19-2/h4-7H,3,8-9,16H2,1-2H3. The number of aromatic nitrogens is 2. The van der Waals surface area contributed by atoms with Gasteiger partial charge in [-0.1, -0.05) is 11.6 Å². The Bertz CT molecular complexity index is 584. The summed E-state index contributed by atoms with van der Waals surface area (Å²) in [5.74, 6) is 1.93. The van der Waals surface area contributed by atoms with Gasteiger partial charge in [-0.3, -0.25) is 0 Å². The molecule has 0 aliphatic rings. The zero-order chi connectivity index (χ0) is 14.5. The van der Waals surface area contributed by atoms with Gasteiger partial charge in [0.05, 0.1) is 12.1 Å². The monoisotopic (exact) mass is 295 g/mol. The number of nitrogens with two attached hydrogens (primary N) is 1. The lowest BCUT2D eigenvalue weighted by atomic mass is 10.2. The predicted molar refractivity (Wildman–Crippen MR) is 78.1 cm³/mol. The van der Waals surface area contributed by atoms with Crippen molar-refractivity contribution >= 4 is 11.6 Å². The summed E-state index contributed by atoms with van der Waals surface area (Å²) in [4.78, 5) is 4.26. The molecular weight excluding hydrogens is 278 g/mol. The van der Waals surface area contributed by atoms with Gasteiger partial charge >= 0.3 is 0 Å². The molecule has 2 N–H and O–H groups in total. The number of hydrogen-bond donors (Lipinski definition) is 1.